The van der Waals surface area contributed by atoms with Crippen LogP contribution in [0.3, 0.4) is 0 Å². The zero-order valence-corrected chi connectivity index (χ0v) is 19.3. The third-order valence-electron chi connectivity index (χ3n) is 4.24. The first-order valence-corrected chi connectivity index (χ1v) is 11.7. The maximum absolute atomic E-state index is 10.9. The lowest BCUT2D eigenvalue weighted by Gasteiger charge is -2.15. The van der Waals surface area contributed by atoms with Gasteiger partial charge in [0.1, 0.15) is 0 Å². The van der Waals surface area contributed by atoms with Crippen molar-refractivity contribution in [3.63, 3.8) is 0 Å². The second kappa shape index (κ2) is 12.6. The molecule has 0 aliphatic carbocycles. The second-order valence-corrected chi connectivity index (χ2v) is 9.50. The van der Waals surface area contributed by atoms with Gasteiger partial charge in [-0.15, -0.1) is 11.3 Å². The predicted octanol–water partition coefficient (Wildman–Crippen LogP) is 3.34. The number of nitrogens with zero attached hydrogens (tertiary/aromatic N) is 2. The number of hydrogen-bond donors (Lipinski definition) is 3. The van der Waals surface area contributed by atoms with Crippen LogP contribution in [0.5, 0.6) is 0 Å². The Hall–Kier alpha value is -2.07. The van der Waals surface area contributed by atoms with Gasteiger partial charge in [0.25, 0.3) is 6.20 Å². The minimum atomic E-state index is -0.740. The molecule has 0 aliphatic heterocycles. The van der Waals surface area contributed by atoms with Crippen LogP contribution in [0.4, 0.5) is 0 Å². The molecule has 1 atom stereocenters. The highest BCUT2D eigenvalue weighted by molar-refractivity contribution is 7.98. The molecular formula is C21H30N4O3S2. The highest BCUT2D eigenvalue weighted by atomic mass is 32.2. The topological polar surface area (TPSA) is 90.7 Å². The lowest BCUT2D eigenvalue weighted by molar-refractivity contribution is -0.404. The maximum atomic E-state index is 10.9. The van der Waals surface area contributed by atoms with E-state index < -0.39 is 11.0 Å². The van der Waals surface area contributed by atoms with Gasteiger partial charge >= 0.3 is 0 Å². The van der Waals surface area contributed by atoms with Gasteiger partial charge in [-0.05, 0) is 38.2 Å². The molecule has 7 nitrogen and oxygen atoms in total. The molecule has 0 saturated heterocycles. The van der Waals surface area contributed by atoms with Crippen LogP contribution in [-0.4, -0.2) is 47.9 Å². The largest absolute Gasteiger partial charge is 0.387 e. The van der Waals surface area contributed by atoms with Crippen molar-refractivity contribution < 1.29 is 10.0 Å². The van der Waals surface area contributed by atoms with Crippen LogP contribution in [0.25, 0.3) is 0 Å². The Labute approximate surface area is 186 Å². The summed E-state index contributed by atoms with van der Waals surface area (Å²) in [5.41, 5.74) is 2.10. The summed E-state index contributed by atoms with van der Waals surface area (Å²) in [5, 5.41) is 27.1. The number of thioether (sulfide) groups is 1. The number of thiophene rings is 1. The quantitative estimate of drug-likeness (QED) is 0.245. The summed E-state index contributed by atoms with van der Waals surface area (Å²) in [6.45, 7) is 3.88. The molecule has 1 heterocycles. The Bertz CT molecular complexity index is 825. The number of aryl methyl sites for hydroxylation is 1. The Morgan fingerprint density at radius 3 is 2.73 bits per heavy atom. The van der Waals surface area contributed by atoms with E-state index in [1.54, 1.807) is 11.8 Å². The Morgan fingerprint density at radius 1 is 1.33 bits per heavy atom. The van der Waals surface area contributed by atoms with Crippen molar-refractivity contribution in [2.24, 2.45) is 0 Å². The highest BCUT2D eigenvalue weighted by Gasteiger charge is 2.10. The van der Waals surface area contributed by atoms with Gasteiger partial charge in [0, 0.05) is 40.9 Å². The predicted molar refractivity (Wildman–Crippen MR) is 125 cm³/mol. The molecule has 2 rings (SSSR count). The monoisotopic (exact) mass is 450 g/mol. The molecule has 1 aromatic heterocycles. The van der Waals surface area contributed by atoms with E-state index in [0.29, 0.717) is 12.4 Å². The summed E-state index contributed by atoms with van der Waals surface area (Å²) in [6.07, 6.45) is 0.161. The van der Waals surface area contributed by atoms with Crippen LogP contribution >= 0.6 is 23.1 Å². The normalized spacial score (nSPS) is 12.8. The minimum Gasteiger partial charge on any atom is -0.387 e. The molecular weight excluding hydrogens is 420 g/mol. The van der Waals surface area contributed by atoms with E-state index in [2.05, 4.69) is 42.6 Å². The van der Waals surface area contributed by atoms with Crippen LogP contribution in [0.1, 0.15) is 27.0 Å². The fraction of sp³-hybridized carbons (Fsp3) is 0.429. The lowest BCUT2D eigenvalue weighted by Crippen LogP contribution is -2.31. The molecule has 0 spiro atoms. The van der Waals surface area contributed by atoms with Crippen LogP contribution < -0.4 is 10.6 Å². The van der Waals surface area contributed by atoms with Crippen LogP contribution in [0.2, 0.25) is 0 Å². The smallest absolute Gasteiger partial charge is 0.274 e. The first kappa shape index (κ1) is 24.2. The van der Waals surface area contributed by atoms with Crippen LogP contribution in [-0.2, 0) is 12.3 Å². The SMILES string of the molecule is Cc1cc(CSCCN/C(=C/[N+](=O)[O-])NCC(O)c2ccccc2)sc1CN(C)C. The molecule has 2 aromatic rings. The third-order valence-corrected chi connectivity index (χ3v) is 6.65. The Morgan fingerprint density at radius 2 is 2.07 bits per heavy atom. The first-order valence-electron chi connectivity index (χ1n) is 9.72. The third kappa shape index (κ3) is 8.74. The summed E-state index contributed by atoms with van der Waals surface area (Å²) in [6, 6.07) is 11.5. The van der Waals surface area contributed by atoms with Crippen molar-refractivity contribution in [2.75, 3.05) is 32.9 Å². The van der Waals surface area contributed by atoms with Crippen LogP contribution in [0.15, 0.2) is 48.4 Å². The van der Waals surface area contributed by atoms with E-state index in [0.717, 1.165) is 29.8 Å². The van der Waals surface area contributed by atoms with Crippen molar-refractivity contribution in [1.29, 1.82) is 0 Å². The van der Waals surface area contributed by atoms with Gasteiger partial charge in [0.05, 0.1) is 11.0 Å². The number of nitrogens with one attached hydrogen (secondary N) is 2. The number of benzene rings is 1. The Balaban J connectivity index is 1.75. The van der Waals surface area contributed by atoms with Gasteiger partial charge in [-0.25, -0.2) is 0 Å². The average Bonchev–Trinajstić information content (AvgIpc) is 3.04. The summed E-state index contributed by atoms with van der Waals surface area (Å²) in [5.74, 6) is 2.04. The molecule has 0 amide bonds. The molecule has 3 N–H and O–H groups in total. The molecule has 1 aromatic carbocycles. The van der Waals surface area contributed by atoms with E-state index in [4.69, 9.17) is 0 Å². The van der Waals surface area contributed by atoms with Gasteiger partial charge in [-0.2, -0.15) is 11.8 Å². The molecule has 164 valence electrons. The summed E-state index contributed by atoms with van der Waals surface area (Å²) in [4.78, 5) is 15.3. The number of aliphatic hydroxyl groups excluding tert-OH is 1. The van der Waals surface area contributed by atoms with Crippen LogP contribution in [0, 0.1) is 17.0 Å². The van der Waals surface area contributed by atoms with Crippen molar-refractivity contribution in [3.8, 4) is 0 Å². The molecule has 0 saturated carbocycles. The maximum Gasteiger partial charge on any atom is 0.274 e. The molecule has 30 heavy (non-hydrogen) atoms. The van der Waals surface area contributed by atoms with Gasteiger partial charge < -0.3 is 20.6 Å². The first-order chi connectivity index (χ1) is 14.3. The van der Waals surface area contributed by atoms with E-state index >= 15 is 0 Å². The summed E-state index contributed by atoms with van der Waals surface area (Å²) < 4.78 is 0. The van der Waals surface area contributed by atoms with Gasteiger partial charge in [-0.3, -0.25) is 10.1 Å². The molecule has 0 fully saturated rings. The second-order valence-electron chi connectivity index (χ2n) is 7.17. The highest BCUT2D eigenvalue weighted by Crippen LogP contribution is 2.26. The zero-order valence-electron chi connectivity index (χ0n) is 17.6. The standard InChI is InChI=1S/C21H30N4O3S2/c1-16-11-18(30-20(16)13-24(2)3)15-29-10-9-22-21(14-25(27)28)23-12-19(26)17-7-5-4-6-8-17/h4-8,11,14,19,22-23,26H,9-10,12-13,15H2,1-3H3/b21-14-. The summed E-state index contributed by atoms with van der Waals surface area (Å²) in [7, 11) is 4.14. The fourth-order valence-electron chi connectivity index (χ4n) is 2.79. The molecule has 0 aliphatic rings. The number of hydrogen-bond acceptors (Lipinski definition) is 8. The van der Waals surface area contributed by atoms with E-state index in [9.17, 15) is 15.2 Å². The lowest BCUT2D eigenvalue weighted by atomic mass is 10.1. The number of rotatable bonds is 13. The van der Waals surface area contributed by atoms with Crippen molar-refractivity contribution >= 4 is 23.1 Å². The average molecular weight is 451 g/mol. The van der Waals surface area contributed by atoms with Gasteiger partial charge in [-0.1, -0.05) is 30.3 Å². The van der Waals surface area contributed by atoms with E-state index in [1.165, 1.54) is 15.3 Å². The van der Waals surface area contributed by atoms with Crippen molar-refractivity contribution in [2.45, 2.75) is 25.3 Å². The van der Waals surface area contributed by atoms with E-state index in [1.807, 2.05) is 41.7 Å². The van der Waals surface area contributed by atoms with Gasteiger partial charge in [0.2, 0.25) is 0 Å². The fourth-order valence-corrected chi connectivity index (χ4v) is 5.05. The molecule has 0 bridgehead atoms. The summed E-state index contributed by atoms with van der Waals surface area (Å²) >= 11 is 3.64. The van der Waals surface area contributed by atoms with Gasteiger partial charge in [0.15, 0.2) is 5.82 Å². The Kier molecular flexibility index (Phi) is 10.2. The molecule has 0 radical (unpaired) electrons. The van der Waals surface area contributed by atoms with Crippen molar-refractivity contribution in [1.82, 2.24) is 15.5 Å². The van der Waals surface area contributed by atoms with Crippen molar-refractivity contribution in [3.05, 3.63) is 79.4 Å². The van der Waals surface area contributed by atoms with E-state index in [-0.39, 0.29) is 6.54 Å². The zero-order chi connectivity index (χ0) is 21.9. The molecule has 9 heteroatoms. The minimum absolute atomic E-state index is 0.187. The molecule has 1 unspecified atom stereocenters. The number of aliphatic hydroxyl groups is 1. The number of nitro groups is 1.